The Morgan fingerprint density at radius 2 is 1.71 bits per heavy atom. The number of methoxy groups -OCH3 is 2. The van der Waals surface area contributed by atoms with Gasteiger partial charge in [0.05, 0.1) is 20.6 Å². The van der Waals surface area contributed by atoms with Crippen molar-refractivity contribution in [3.8, 4) is 11.5 Å². The lowest BCUT2D eigenvalue weighted by Crippen LogP contribution is -2.19. The van der Waals surface area contributed by atoms with Gasteiger partial charge in [-0.25, -0.2) is 4.79 Å². The average molecular weight is 382 g/mol. The second-order valence-corrected chi connectivity index (χ2v) is 6.29. The van der Waals surface area contributed by atoms with Gasteiger partial charge in [0.15, 0.2) is 0 Å². The first-order valence-electron chi connectivity index (χ1n) is 8.66. The summed E-state index contributed by atoms with van der Waals surface area (Å²) in [6, 6.07) is 10.7. The number of aryl methyl sites for hydroxylation is 2. The van der Waals surface area contributed by atoms with Crippen molar-refractivity contribution in [1.82, 2.24) is 10.2 Å². The first kappa shape index (κ1) is 19.2. The third kappa shape index (κ3) is 4.79. The number of anilines is 2. The minimum absolute atomic E-state index is 0.0205. The van der Waals surface area contributed by atoms with Crippen LogP contribution in [0.15, 0.2) is 40.8 Å². The molecule has 1 aromatic heterocycles. The van der Waals surface area contributed by atoms with Crippen molar-refractivity contribution in [1.29, 1.82) is 0 Å². The number of rotatable bonds is 6. The molecule has 0 saturated carbocycles. The van der Waals surface area contributed by atoms with Crippen molar-refractivity contribution in [2.75, 3.05) is 24.9 Å². The van der Waals surface area contributed by atoms with Gasteiger partial charge in [-0.2, -0.15) is 0 Å². The molecule has 3 rings (SSSR count). The first-order valence-corrected chi connectivity index (χ1v) is 8.66. The fraction of sp³-hybridized carbons (Fsp3) is 0.250. The lowest BCUT2D eigenvalue weighted by molar-refractivity contribution is 0.261. The highest BCUT2D eigenvalue weighted by Gasteiger charge is 2.12. The summed E-state index contributed by atoms with van der Waals surface area (Å²) in [7, 11) is 3.07. The topological polar surface area (TPSA) is 98.5 Å². The number of carbonyl (C=O) groups is 1. The molecule has 1 heterocycles. The largest absolute Gasteiger partial charge is 0.497 e. The Labute approximate surface area is 162 Å². The normalized spacial score (nSPS) is 10.4. The third-order valence-corrected chi connectivity index (χ3v) is 4.14. The number of aromatic nitrogens is 2. The number of carbonyl (C=O) groups excluding carboxylic acids is 1. The van der Waals surface area contributed by atoms with Crippen LogP contribution in [0.1, 0.15) is 22.6 Å². The summed E-state index contributed by atoms with van der Waals surface area (Å²) in [6.45, 7) is 4.08. The molecule has 0 unspecified atom stereocenters. The Morgan fingerprint density at radius 3 is 2.36 bits per heavy atom. The highest BCUT2D eigenvalue weighted by atomic mass is 16.5. The standard InChI is InChI=1S/C20H22N4O4/c1-12-5-6-14(13(2)7-12)8-18-23-24-20(28-18)22-19(25)21-15-9-16(26-3)11-17(10-15)27-4/h5-7,9-11H,8H2,1-4H3,(H2,21,22,24,25). The molecule has 0 aliphatic carbocycles. The molecule has 2 aromatic carbocycles. The molecule has 0 bridgehead atoms. The summed E-state index contributed by atoms with van der Waals surface area (Å²) in [5.41, 5.74) is 3.94. The van der Waals surface area contributed by atoms with E-state index in [2.05, 4.69) is 26.9 Å². The lowest BCUT2D eigenvalue weighted by Gasteiger charge is -2.09. The minimum atomic E-state index is -0.517. The fourth-order valence-corrected chi connectivity index (χ4v) is 2.72. The highest BCUT2D eigenvalue weighted by molar-refractivity contribution is 5.98. The molecule has 0 atom stereocenters. The van der Waals surface area contributed by atoms with E-state index in [1.54, 1.807) is 18.2 Å². The van der Waals surface area contributed by atoms with Gasteiger partial charge in [0.25, 0.3) is 0 Å². The highest BCUT2D eigenvalue weighted by Crippen LogP contribution is 2.26. The van der Waals surface area contributed by atoms with Gasteiger partial charge in [0, 0.05) is 23.9 Å². The number of hydrogen-bond acceptors (Lipinski definition) is 6. The SMILES string of the molecule is COc1cc(NC(=O)Nc2nnc(Cc3ccc(C)cc3C)o2)cc(OC)c1. The molecule has 8 nitrogen and oxygen atoms in total. The van der Waals surface area contributed by atoms with E-state index in [0.29, 0.717) is 29.5 Å². The van der Waals surface area contributed by atoms with Crippen LogP contribution in [0.2, 0.25) is 0 Å². The van der Waals surface area contributed by atoms with E-state index in [4.69, 9.17) is 13.9 Å². The summed E-state index contributed by atoms with van der Waals surface area (Å²) in [5.74, 6) is 1.54. The van der Waals surface area contributed by atoms with Gasteiger partial charge in [0.1, 0.15) is 11.5 Å². The van der Waals surface area contributed by atoms with Crippen LogP contribution in [0, 0.1) is 13.8 Å². The summed E-state index contributed by atoms with van der Waals surface area (Å²) in [6.07, 6.45) is 0.496. The van der Waals surface area contributed by atoms with E-state index in [0.717, 1.165) is 11.1 Å². The molecule has 28 heavy (non-hydrogen) atoms. The van der Waals surface area contributed by atoms with Crippen molar-refractivity contribution >= 4 is 17.7 Å². The van der Waals surface area contributed by atoms with Gasteiger partial charge in [-0.1, -0.05) is 28.9 Å². The number of benzene rings is 2. The Bertz CT molecular complexity index is 962. The summed E-state index contributed by atoms with van der Waals surface area (Å²) < 4.78 is 15.9. The van der Waals surface area contributed by atoms with Gasteiger partial charge >= 0.3 is 12.0 Å². The Balaban J connectivity index is 1.64. The number of urea groups is 1. The maximum Gasteiger partial charge on any atom is 0.327 e. The van der Waals surface area contributed by atoms with Gasteiger partial charge in [-0.05, 0) is 25.0 Å². The summed E-state index contributed by atoms with van der Waals surface area (Å²) >= 11 is 0. The van der Waals surface area contributed by atoms with Crippen molar-refractivity contribution in [3.63, 3.8) is 0 Å². The number of ether oxygens (including phenoxy) is 2. The molecule has 0 spiro atoms. The molecule has 0 saturated heterocycles. The molecule has 146 valence electrons. The van der Waals surface area contributed by atoms with Crippen LogP contribution < -0.4 is 20.1 Å². The van der Waals surface area contributed by atoms with Crippen LogP contribution in [0.5, 0.6) is 11.5 Å². The van der Waals surface area contributed by atoms with Crippen LogP contribution in [0.4, 0.5) is 16.5 Å². The van der Waals surface area contributed by atoms with Crippen molar-refractivity contribution in [2.45, 2.75) is 20.3 Å². The van der Waals surface area contributed by atoms with Crippen molar-refractivity contribution < 1.29 is 18.7 Å². The number of nitrogens with one attached hydrogen (secondary N) is 2. The molecular formula is C20H22N4O4. The minimum Gasteiger partial charge on any atom is -0.497 e. The third-order valence-electron chi connectivity index (χ3n) is 4.14. The molecule has 8 heteroatoms. The van der Waals surface area contributed by atoms with E-state index in [1.165, 1.54) is 19.8 Å². The van der Waals surface area contributed by atoms with Crippen LogP contribution in [0.25, 0.3) is 0 Å². The van der Waals surface area contributed by atoms with E-state index in [-0.39, 0.29) is 6.01 Å². The van der Waals surface area contributed by atoms with E-state index < -0.39 is 6.03 Å². The molecular weight excluding hydrogens is 360 g/mol. The molecule has 0 radical (unpaired) electrons. The molecule has 2 N–H and O–H groups in total. The molecule has 0 fully saturated rings. The zero-order valence-electron chi connectivity index (χ0n) is 16.2. The van der Waals surface area contributed by atoms with Gasteiger partial charge < -0.3 is 19.2 Å². The van der Waals surface area contributed by atoms with E-state index >= 15 is 0 Å². The van der Waals surface area contributed by atoms with Gasteiger partial charge in [-0.3, -0.25) is 5.32 Å². The Hall–Kier alpha value is -3.55. The predicted octanol–water partition coefficient (Wildman–Crippen LogP) is 3.94. The van der Waals surface area contributed by atoms with Crippen LogP contribution in [-0.2, 0) is 6.42 Å². The fourth-order valence-electron chi connectivity index (χ4n) is 2.72. The predicted molar refractivity (Wildman–Crippen MR) is 105 cm³/mol. The van der Waals surface area contributed by atoms with E-state index in [9.17, 15) is 4.79 Å². The van der Waals surface area contributed by atoms with Crippen LogP contribution in [0.3, 0.4) is 0 Å². The van der Waals surface area contributed by atoms with E-state index in [1.807, 2.05) is 26.0 Å². The zero-order valence-corrected chi connectivity index (χ0v) is 16.2. The smallest absolute Gasteiger partial charge is 0.327 e. The molecule has 2 amide bonds. The van der Waals surface area contributed by atoms with Crippen LogP contribution >= 0.6 is 0 Å². The maximum atomic E-state index is 12.2. The molecule has 0 aliphatic rings. The first-order chi connectivity index (χ1) is 13.5. The maximum absolute atomic E-state index is 12.2. The number of amides is 2. The lowest BCUT2D eigenvalue weighted by atomic mass is 10.0. The van der Waals surface area contributed by atoms with Crippen LogP contribution in [-0.4, -0.2) is 30.4 Å². The van der Waals surface area contributed by atoms with Gasteiger partial charge in [-0.15, -0.1) is 5.10 Å². The summed E-state index contributed by atoms with van der Waals surface area (Å²) in [4.78, 5) is 12.2. The second kappa shape index (κ2) is 8.43. The Kier molecular flexibility index (Phi) is 5.78. The van der Waals surface area contributed by atoms with Crippen molar-refractivity contribution in [2.24, 2.45) is 0 Å². The molecule has 0 aliphatic heterocycles. The monoisotopic (exact) mass is 382 g/mol. The molecule has 3 aromatic rings. The zero-order chi connectivity index (χ0) is 20.1. The Morgan fingerprint density at radius 1 is 1.00 bits per heavy atom. The quantitative estimate of drug-likeness (QED) is 0.670. The summed E-state index contributed by atoms with van der Waals surface area (Å²) in [5, 5.41) is 13.1. The number of hydrogen-bond donors (Lipinski definition) is 2. The van der Waals surface area contributed by atoms with Crippen molar-refractivity contribution in [3.05, 3.63) is 59.0 Å². The second-order valence-electron chi connectivity index (χ2n) is 6.29. The van der Waals surface area contributed by atoms with Gasteiger partial charge in [0.2, 0.25) is 5.89 Å². The average Bonchev–Trinajstić information content (AvgIpc) is 3.10. The number of nitrogens with zero attached hydrogens (tertiary/aromatic N) is 2.